The normalized spacial score (nSPS) is 23.5. The lowest BCUT2D eigenvalue weighted by Crippen LogP contribution is -2.34. The number of halogens is 1. The highest BCUT2D eigenvalue weighted by Gasteiger charge is 2.57. The number of amides is 1. The first kappa shape index (κ1) is 17.3. The van der Waals surface area contributed by atoms with Gasteiger partial charge in [-0.3, -0.25) is 4.79 Å². The molecule has 0 bridgehead atoms. The number of hydrogen-bond donors (Lipinski definition) is 2. The topological polar surface area (TPSA) is 41.1 Å². The van der Waals surface area contributed by atoms with E-state index >= 15 is 0 Å². The smallest absolute Gasteiger partial charge is 0.224 e. The monoisotopic (exact) mass is 322 g/mol. The van der Waals surface area contributed by atoms with Crippen molar-refractivity contribution >= 4 is 18.3 Å². The highest BCUT2D eigenvalue weighted by molar-refractivity contribution is 5.85. The predicted molar refractivity (Wildman–Crippen MR) is 92.3 cm³/mol. The van der Waals surface area contributed by atoms with E-state index in [2.05, 4.69) is 48.7 Å². The molecule has 1 aliphatic heterocycles. The van der Waals surface area contributed by atoms with Crippen molar-refractivity contribution in [1.82, 2.24) is 10.6 Å². The van der Waals surface area contributed by atoms with Crippen LogP contribution in [0.2, 0.25) is 0 Å². The fraction of sp³-hybridized carbons (Fsp3) is 0.611. The van der Waals surface area contributed by atoms with Crippen LogP contribution in [0.25, 0.3) is 0 Å². The van der Waals surface area contributed by atoms with Gasteiger partial charge in [-0.2, -0.15) is 0 Å². The molecule has 1 aliphatic carbocycles. The minimum Gasteiger partial charge on any atom is -0.349 e. The van der Waals surface area contributed by atoms with Crippen LogP contribution in [0.4, 0.5) is 0 Å². The van der Waals surface area contributed by atoms with E-state index in [1.54, 1.807) is 0 Å². The van der Waals surface area contributed by atoms with Crippen molar-refractivity contribution in [3.8, 4) is 0 Å². The zero-order valence-electron chi connectivity index (χ0n) is 13.5. The molecule has 3 nitrogen and oxygen atoms in total. The molecule has 1 aromatic rings. The van der Waals surface area contributed by atoms with E-state index in [-0.39, 0.29) is 30.3 Å². The summed E-state index contributed by atoms with van der Waals surface area (Å²) < 4.78 is 0. The lowest BCUT2D eigenvalue weighted by atomic mass is 9.91. The van der Waals surface area contributed by atoms with Crippen LogP contribution < -0.4 is 10.6 Å². The molecular formula is C18H27ClN2O. The summed E-state index contributed by atoms with van der Waals surface area (Å²) in [4.78, 5) is 12.5. The quantitative estimate of drug-likeness (QED) is 0.893. The molecule has 1 spiro atoms. The molecule has 1 saturated carbocycles. The third-order valence-electron chi connectivity index (χ3n) is 5.35. The van der Waals surface area contributed by atoms with Gasteiger partial charge in [0.15, 0.2) is 0 Å². The molecule has 22 heavy (non-hydrogen) atoms. The number of nitrogens with one attached hydrogen (secondary N) is 2. The molecule has 1 heterocycles. The number of carbonyl (C=O) groups excluding carboxylic acids is 1. The van der Waals surface area contributed by atoms with Gasteiger partial charge in [0, 0.05) is 5.92 Å². The predicted octanol–water partition coefficient (Wildman–Crippen LogP) is 3.24. The van der Waals surface area contributed by atoms with E-state index in [1.165, 1.54) is 11.1 Å². The minimum absolute atomic E-state index is 0. The standard InChI is InChI=1S/C18H26N2O.ClH/c1-3-14-4-6-15(7-5-14)13(2)20-17(21)16-12-18(16)8-10-19-11-9-18;/h4-7,13,16,19H,3,8-12H2,1-2H3,(H,20,21);1H. The number of carbonyl (C=O) groups is 1. The van der Waals surface area contributed by atoms with Gasteiger partial charge < -0.3 is 10.6 Å². The fourth-order valence-electron chi connectivity index (χ4n) is 3.63. The molecule has 2 atom stereocenters. The third kappa shape index (κ3) is 3.47. The molecule has 1 amide bonds. The summed E-state index contributed by atoms with van der Waals surface area (Å²) in [6.45, 7) is 6.37. The summed E-state index contributed by atoms with van der Waals surface area (Å²) in [6, 6.07) is 8.68. The van der Waals surface area contributed by atoms with E-state index in [9.17, 15) is 4.79 Å². The molecule has 1 aromatic carbocycles. The molecular weight excluding hydrogens is 296 g/mol. The maximum atomic E-state index is 12.5. The SMILES string of the molecule is CCc1ccc(C(C)NC(=O)C2CC23CCNCC3)cc1.Cl. The Kier molecular flexibility index (Phi) is 5.51. The Bertz CT molecular complexity index is 508. The average molecular weight is 323 g/mol. The van der Waals surface area contributed by atoms with E-state index in [4.69, 9.17) is 0 Å². The van der Waals surface area contributed by atoms with Gasteiger partial charge in [0.2, 0.25) is 5.91 Å². The molecule has 2 fully saturated rings. The lowest BCUT2D eigenvalue weighted by Gasteiger charge is -2.24. The van der Waals surface area contributed by atoms with Gasteiger partial charge in [0.25, 0.3) is 0 Å². The van der Waals surface area contributed by atoms with Crippen LogP contribution in [0.15, 0.2) is 24.3 Å². The highest BCUT2D eigenvalue weighted by Crippen LogP contribution is 2.58. The number of aryl methyl sites for hydroxylation is 1. The fourth-order valence-corrected chi connectivity index (χ4v) is 3.63. The second-order valence-electron chi connectivity index (χ2n) is 6.69. The number of rotatable bonds is 4. The summed E-state index contributed by atoms with van der Waals surface area (Å²) in [5, 5.41) is 6.59. The zero-order chi connectivity index (χ0) is 14.9. The van der Waals surface area contributed by atoms with Gasteiger partial charge >= 0.3 is 0 Å². The summed E-state index contributed by atoms with van der Waals surface area (Å²) in [5.41, 5.74) is 2.86. The third-order valence-corrected chi connectivity index (χ3v) is 5.35. The minimum atomic E-state index is 0. The van der Waals surface area contributed by atoms with Gasteiger partial charge in [-0.05, 0) is 62.2 Å². The second kappa shape index (κ2) is 7.01. The summed E-state index contributed by atoms with van der Waals surface area (Å²) >= 11 is 0. The highest BCUT2D eigenvalue weighted by atomic mass is 35.5. The molecule has 2 unspecified atom stereocenters. The Morgan fingerprint density at radius 3 is 2.55 bits per heavy atom. The number of piperidine rings is 1. The molecule has 122 valence electrons. The van der Waals surface area contributed by atoms with Crippen LogP contribution in [-0.2, 0) is 11.2 Å². The van der Waals surface area contributed by atoms with Crippen molar-refractivity contribution in [3.63, 3.8) is 0 Å². The average Bonchev–Trinajstić information content (AvgIpc) is 3.21. The first-order chi connectivity index (χ1) is 10.1. The Balaban J connectivity index is 0.00000176. The van der Waals surface area contributed by atoms with Gasteiger partial charge in [-0.15, -0.1) is 12.4 Å². The maximum absolute atomic E-state index is 12.5. The largest absolute Gasteiger partial charge is 0.349 e. The summed E-state index contributed by atoms with van der Waals surface area (Å²) in [6.07, 6.45) is 4.46. The molecule has 0 radical (unpaired) electrons. The maximum Gasteiger partial charge on any atom is 0.224 e. The van der Waals surface area contributed by atoms with Crippen molar-refractivity contribution in [1.29, 1.82) is 0 Å². The molecule has 0 aromatic heterocycles. The van der Waals surface area contributed by atoms with E-state index in [0.29, 0.717) is 5.41 Å². The van der Waals surface area contributed by atoms with Gasteiger partial charge in [0.05, 0.1) is 6.04 Å². The van der Waals surface area contributed by atoms with Crippen LogP contribution in [0.5, 0.6) is 0 Å². The Hall–Kier alpha value is -1.06. The van der Waals surface area contributed by atoms with Crippen LogP contribution >= 0.6 is 12.4 Å². The second-order valence-corrected chi connectivity index (χ2v) is 6.69. The van der Waals surface area contributed by atoms with Crippen molar-refractivity contribution in [3.05, 3.63) is 35.4 Å². The molecule has 2 N–H and O–H groups in total. The van der Waals surface area contributed by atoms with Crippen LogP contribution in [0.1, 0.15) is 50.3 Å². The van der Waals surface area contributed by atoms with Crippen LogP contribution in [0.3, 0.4) is 0 Å². The molecule has 3 rings (SSSR count). The van der Waals surface area contributed by atoms with Crippen molar-refractivity contribution in [2.24, 2.45) is 11.3 Å². The molecule has 1 saturated heterocycles. The number of benzene rings is 1. The van der Waals surface area contributed by atoms with Gasteiger partial charge in [-0.1, -0.05) is 31.2 Å². The Morgan fingerprint density at radius 2 is 1.95 bits per heavy atom. The van der Waals surface area contributed by atoms with E-state index in [0.717, 1.165) is 38.8 Å². The Labute approximate surface area is 139 Å². The van der Waals surface area contributed by atoms with E-state index < -0.39 is 0 Å². The Morgan fingerprint density at radius 1 is 1.32 bits per heavy atom. The lowest BCUT2D eigenvalue weighted by molar-refractivity contribution is -0.123. The first-order valence-electron chi connectivity index (χ1n) is 8.24. The van der Waals surface area contributed by atoms with Gasteiger partial charge in [-0.25, -0.2) is 0 Å². The summed E-state index contributed by atoms with van der Waals surface area (Å²) in [5.74, 6) is 0.501. The summed E-state index contributed by atoms with van der Waals surface area (Å²) in [7, 11) is 0. The van der Waals surface area contributed by atoms with Crippen molar-refractivity contribution < 1.29 is 4.79 Å². The molecule has 2 aliphatic rings. The van der Waals surface area contributed by atoms with E-state index in [1.807, 2.05) is 0 Å². The number of hydrogen-bond acceptors (Lipinski definition) is 2. The van der Waals surface area contributed by atoms with Crippen molar-refractivity contribution in [2.45, 2.75) is 45.6 Å². The van der Waals surface area contributed by atoms with Gasteiger partial charge in [0.1, 0.15) is 0 Å². The zero-order valence-corrected chi connectivity index (χ0v) is 14.3. The van der Waals surface area contributed by atoms with Crippen LogP contribution in [-0.4, -0.2) is 19.0 Å². The van der Waals surface area contributed by atoms with Crippen molar-refractivity contribution in [2.75, 3.05) is 13.1 Å². The first-order valence-corrected chi connectivity index (χ1v) is 8.24. The van der Waals surface area contributed by atoms with Crippen LogP contribution in [0, 0.1) is 11.3 Å². The molecule has 4 heteroatoms.